The van der Waals surface area contributed by atoms with Crippen LogP contribution < -0.4 is 10.2 Å². The minimum Gasteiger partial charge on any atom is -0.326 e. The monoisotopic (exact) mass is 386 g/mol. The molecule has 2 aromatic rings. The Bertz CT molecular complexity index is 789. The lowest BCUT2D eigenvalue weighted by molar-refractivity contribution is -0.117. The summed E-state index contributed by atoms with van der Waals surface area (Å²) in [5.41, 5.74) is 3.98. The highest BCUT2D eigenvalue weighted by Gasteiger charge is 2.22. The number of nitrogens with zero attached hydrogens (tertiary/aromatic N) is 1. The van der Waals surface area contributed by atoms with Crippen LogP contribution in [0.3, 0.4) is 0 Å². The van der Waals surface area contributed by atoms with Gasteiger partial charge in [0, 0.05) is 35.7 Å². The minimum absolute atomic E-state index is 0.00338. The number of benzene rings is 2. The van der Waals surface area contributed by atoms with Crippen molar-refractivity contribution in [1.82, 2.24) is 0 Å². The van der Waals surface area contributed by atoms with Gasteiger partial charge in [-0.3, -0.25) is 9.59 Å². The smallest absolute Gasteiger partial charge is 0.224 e. The molecule has 2 aromatic carbocycles. The van der Waals surface area contributed by atoms with Crippen molar-refractivity contribution in [1.29, 1.82) is 0 Å². The van der Waals surface area contributed by atoms with Crippen LogP contribution in [-0.2, 0) is 22.4 Å². The zero-order valence-electron chi connectivity index (χ0n) is 13.5. The number of aryl methyl sites for hydroxylation is 1. The second kappa shape index (κ2) is 7.18. The fourth-order valence-electron chi connectivity index (χ4n) is 2.98. The largest absolute Gasteiger partial charge is 0.326 e. The predicted octanol–water partition coefficient (Wildman–Crippen LogP) is 3.93. The third kappa shape index (κ3) is 3.85. The lowest BCUT2D eigenvalue weighted by atomic mass is 10.1. The van der Waals surface area contributed by atoms with Crippen LogP contribution in [0.2, 0.25) is 0 Å². The molecule has 4 nitrogen and oxygen atoms in total. The number of nitrogens with one attached hydrogen (secondary N) is 1. The Balaban J connectivity index is 1.60. The van der Waals surface area contributed by atoms with E-state index in [0.29, 0.717) is 19.4 Å². The molecule has 1 aliphatic heterocycles. The topological polar surface area (TPSA) is 49.4 Å². The molecule has 0 spiro atoms. The molecule has 3 rings (SSSR count). The third-order valence-corrected chi connectivity index (χ3v) is 4.66. The normalized spacial score (nSPS) is 12.8. The summed E-state index contributed by atoms with van der Waals surface area (Å²) in [5, 5.41) is 2.95. The minimum atomic E-state index is -0.00338. The maximum absolute atomic E-state index is 12.2. The molecule has 0 radical (unpaired) electrons. The number of carbonyl (C=O) groups is 2. The van der Waals surface area contributed by atoms with Crippen molar-refractivity contribution in [3.05, 3.63) is 58.1 Å². The Morgan fingerprint density at radius 1 is 1.21 bits per heavy atom. The lowest BCUT2D eigenvalue weighted by Crippen LogP contribution is -2.25. The first kappa shape index (κ1) is 16.7. The summed E-state index contributed by atoms with van der Waals surface area (Å²) in [5.74, 6) is 0.0518. The third-order valence-electron chi connectivity index (χ3n) is 4.17. The fraction of sp³-hybridized carbons (Fsp3) is 0.263. The Labute approximate surface area is 150 Å². The van der Waals surface area contributed by atoms with Crippen LogP contribution in [-0.4, -0.2) is 18.4 Å². The van der Waals surface area contributed by atoms with E-state index < -0.39 is 0 Å². The fourth-order valence-corrected chi connectivity index (χ4v) is 3.43. The van der Waals surface area contributed by atoms with Gasteiger partial charge in [0.15, 0.2) is 0 Å². The van der Waals surface area contributed by atoms with E-state index in [2.05, 4.69) is 21.2 Å². The van der Waals surface area contributed by atoms with Crippen molar-refractivity contribution < 1.29 is 9.59 Å². The highest BCUT2D eigenvalue weighted by Crippen LogP contribution is 2.30. The number of halogens is 1. The molecule has 124 valence electrons. The average Bonchev–Trinajstić information content (AvgIpc) is 2.96. The van der Waals surface area contributed by atoms with E-state index in [4.69, 9.17) is 0 Å². The van der Waals surface area contributed by atoms with Gasteiger partial charge in [0.05, 0.1) is 0 Å². The molecule has 0 bridgehead atoms. The van der Waals surface area contributed by atoms with E-state index >= 15 is 0 Å². The van der Waals surface area contributed by atoms with Gasteiger partial charge in [-0.2, -0.15) is 0 Å². The van der Waals surface area contributed by atoms with E-state index in [1.807, 2.05) is 42.5 Å². The zero-order chi connectivity index (χ0) is 17.1. The van der Waals surface area contributed by atoms with Gasteiger partial charge in [-0.1, -0.05) is 28.1 Å². The molecular weight excluding hydrogens is 368 g/mol. The molecule has 0 unspecified atom stereocenters. The summed E-state index contributed by atoms with van der Waals surface area (Å²) in [6.07, 6.45) is 1.97. The van der Waals surface area contributed by atoms with Gasteiger partial charge >= 0.3 is 0 Å². The number of hydrogen-bond acceptors (Lipinski definition) is 2. The van der Waals surface area contributed by atoms with E-state index in [9.17, 15) is 9.59 Å². The predicted molar refractivity (Wildman–Crippen MR) is 99.3 cm³/mol. The van der Waals surface area contributed by atoms with Crippen LogP contribution in [0.5, 0.6) is 0 Å². The van der Waals surface area contributed by atoms with Crippen molar-refractivity contribution in [3.8, 4) is 0 Å². The number of hydrogen-bond donors (Lipinski definition) is 1. The Morgan fingerprint density at radius 2 is 2.04 bits per heavy atom. The number of anilines is 2. The Morgan fingerprint density at radius 3 is 2.79 bits per heavy atom. The summed E-state index contributed by atoms with van der Waals surface area (Å²) in [7, 11) is 0. The van der Waals surface area contributed by atoms with Gasteiger partial charge < -0.3 is 10.2 Å². The van der Waals surface area contributed by atoms with Crippen LogP contribution in [0, 0.1) is 0 Å². The molecule has 24 heavy (non-hydrogen) atoms. The highest BCUT2D eigenvalue weighted by molar-refractivity contribution is 9.10. The molecule has 0 atom stereocenters. The summed E-state index contributed by atoms with van der Waals surface area (Å²) in [4.78, 5) is 25.5. The van der Waals surface area contributed by atoms with Gasteiger partial charge in [0.2, 0.25) is 11.8 Å². The van der Waals surface area contributed by atoms with Gasteiger partial charge in [-0.15, -0.1) is 0 Å². The molecule has 2 amide bonds. The van der Waals surface area contributed by atoms with E-state index in [1.54, 1.807) is 11.8 Å². The molecule has 0 aliphatic carbocycles. The van der Waals surface area contributed by atoms with Crippen molar-refractivity contribution in [2.24, 2.45) is 0 Å². The number of fused-ring (bicyclic) bond motifs is 1. The molecule has 0 aromatic heterocycles. The van der Waals surface area contributed by atoms with Gasteiger partial charge in [-0.05, 0) is 54.3 Å². The van der Waals surface area contributed by atoms with E-state index in [0.717, 1.165) is 33.4 Å². The molecule has 1 N–H and O–H groups in total. The van der Waals surface area contributed by atoms with Crippen molar-refractivity contribution in [3.63, 3.8) is 0 Å². The molecule has 0 saturated carbocycles. The first-order valence-corrected chi connectivity index (χ1v) is 8.77. The first-order valence-electron chi connectivity index (χ1n) is 7.98. The van der Waals surface area contributed by atoms with Crippen LogP contribution in [0.4, 0.5) is 11.4 Å². The van der Waals surface area contributed by atoms with Crippen molar-refractivity contribution >= 4 is 39.1 Å². The summed E-state index contributed by atoms with van der Waals surface area (Å²) >= 11 is 3.44. The summed E-state index contributed by atoms with van der Waals surface area (Å²) in [6, 6.07) is 13.7. The standard InChI is InChI=1S/C19H19BrN2O2/c1-13(23)22-10-9-15-12-17(6-7-18(15)22)21-19(24)8-5-14-3-2-4-16(20)11-14/h2-4,6-7,11-12H,5,8-10H2,1H3,(H,21,24). The summed E-state index contributed by atoms with van der Waals surface area (Å²) < 4.78 is 1.02. The summed E-state index contributed by atoms with van der Waals surface area (Å²) in [6.45, 7) is 2.29. The van der Waals surface area contributed by atoms with Crippen LogP contribution in [0.1, 0.15) is 24.5 Å². The zero-order valence-corrected chi connectivity index (χ0v) is 15.1. The molecule has 1 heterocycles. The van der Waals surface area contributed by atoms with Crippen molar-refractivity contribution in [2.45, 2.75) is 26.2 Å². The maximum atomic E-state index is 12.2. The van der Waals surface area contributed by atoms with E-state index in [1.165, 1.54) is 0 Å². The maximum Gasteiger partial charge on any atom is 0.224 e. The SMILES string of the molecule is CC(=O)N1CCc2cc(NC(=O)CCc3cccc(Br)c3)ccc21. The molecule has 0 saturated heterocycles. The molecule has 5 heteroatoms. The Hall–Kier alpha value is -2.14. The quantitative estimate of drug-likeness (QED) is 0.864. The number of amides is 2. The first-order chi connectivity index (χ1) is 11.5. The van der Waals surface area contributed by atoms with Crippen LogP contribution in [0.15, 0.2) is 46.9 Å². The van der Waals surface area contributed by atoms with E-state index in [-0.39, 0.29) is 11.8 Å². The second-order valence-corrected chi connectivity index (χ2v) is 6.86. The van der Waals surface area contributed by atoms with Crippen LogP contribution >= 0.6 is 15.9 Å². The number of rotatable bonds is 4. The lowest BCUT2D eigenvalue weighted by Gasteiger charge is -2.15. The van der Waals surface area contributed by atoms with Crippen molar-refractivity contribution in [2.75, 3.05) is 16.8 Å². The van der Waals surface area contributed by atoms with Gasteiger partial charge in [-0.25, -0.2) is 0 Å². The van der Waals surface area contributed by atoms with Crippen LogP contribution in [0.25, 0.3) is 0 Å². The average molecular weight is 387 g/mol. The van der Waals surface area contributed by atoms with Gasteiger partial charge in [0.1, 0.15) is 0 Å². The molecular formula is C19H19BrN2O2. The Kier molecular flexibility index (Phi) is 5.00. The second-order valence-electron chi connectivity index (χ2n) is 5.94. The van der Waals surface area contributed by atoms with Gasteiger partial charge in [0.25, 0.3) is 0 Å². The number of carbonyl (C=O) groups excluding carboxylic acids is 2. The highest BCUT2D eigenvalue weighted by atomic mass is 79.9. The molecule has 1 aliphatic rings. The molecule has 0 fully saturated rings.